The number of halogens is 1. The summed E-state index contributed by atoms with van der Waals surface area (Å²) in [6, 6.07) is 19.1. The first-order chi connectivity index (χ1) is 11.6. The monoisotopic (exact) mass is 339 g/mol. The summed E-state index contributed by atoms with van der Waals surface area (Å²) in [6.45, 7) is 1.97. The van der Waals surface area contributed by atoms with E-state index in [-0.39, 0.29) is 11.9 Å². The Balaban J connectivity index is 1.89. The molecule has 0 aliphatic carbocycles. The predicted molar refractivity (Wildman–Crippen MR) is 97.8 cm³/mol. The van der Waals surface area contributed by atoms with E-state index in [9.17, 15) is 4.79 Å². The predicted octanol–water partition coefficient (Wildman–Crippen LogP) is 4.99. The van der Waals surface area contributed by atoms with Gasteiger partial charge in [0, 0.05) is 0 Å². The normalized spacial score (nSPS) is 12.0. The van der Waals surface area contributed by atoms with E-state index in [1.54, 1.807) is 25.3 Å². The third-order valence-corrected chi connectivity index (χ3v) is 4.39. The third kappa shape index (κ3) is 3.22. The summed E-state index contributed by atoms with van der Waals surface area (Å²) in [5, 5.41) is 5.70. The molecule has 3 aromatic rings. The van der Waals surface area contributed by atoms with Crippen molar-refractivity contribution in [3.63, 3.8) is 0 Å². The van der Waals surface area contributed by atoms with Crippen molar-refractivity contribution in [1.82, 2.24) is 5.32 Å². The second-order valence-corrected chi connectivity index (χ2v) is 6.02. The van der Waals surface area contributed by atoms with E-state index in [1.165, 1.54) is 0 Å². The van der Waals surface area contributed by atoms with E-state index in [4.69, 9.17) is 16.3 Å². The molecule has 1 atom stereocenters. The molecule has 3 nitrogen and oxygen atoms in total. The van der Waals surface area contributed by atoms with E-state index < -0.39 is 0 Å². The Kier molecular flexibility index (Phi) is 4.72. The first-order valence-corrected chi connectivity index (χ1v) is 8.10. The van der Waals surface area contributed by atoms with Crippen LogP contribution in [0.2, 0.25) is 5.02 Å². The van der Waals surface area contributed by atoms with Crippen molar-refractivity contribution >= 4 is 28.3 Å². The topological polar surface area (TPSA) is 38.3 Å². The van der Waals surface area contributed by atoms with Gasteiger partial charge in [0.15, 0.2) is 0 Å². The number of methoxy groups -OCH3 is 1. The number of ether oxygens (including phenoxy) is 1. The molecule has 0 aromatic heterocycles. The lowest BCUT2D eigenvalue weighted by molar-refractivity contribution is 0.0940. The molecule has 0 saturated carbocycles. The number of carbonyl (C=O) groups is 1. The molecule has 0 unspecified atom stereocenters. The van der Waals surface area contributed by atoms with Crippen molar-refractivity contribution in [2.24, 2.45) is 0 Å². The van der Waals surface area contributed by atoms with Crippen molar-refractivity contribution in [2.45, 2.75) is 13.0 Å². The molecular formula is C20H18ClNO2. The van der Waals surface area contributed by atoms with Gasteiger partial charge in [0.25, 0.3) is 5.91 Å². The van der Waals surface area contributed by atoms with Crippen LogP contribution in [-0.2, 0) is 0 Å². The molecule has 0 aliphatic rings. The molecule has 0 spiro atoms. The smallest absolute Gasteiger partial charge is 0.253 e. The van der Waals surface area contributed by atoms with Crippen molar-refractivity contribution < 1.29 is 9.53 Å². The highest BCUT2D eigenvalue weighted by atomic mass is 35.5. The van der Waals surface area contributed by atoms with Crippen LogP contribution in [0.25, 0.3) is 10.8 Å². The Morgan fingerprint density at radius 1 is 1.08 bits per heavy atom. The molecule has 1 amide bonds. The van der Waals surface area contributed by atoms with E-state index in [1.807, 2.05) is 31.2 Å². The Morgan fingerprint density at radius 3 is 2.62 bits per heavy atom. The van der Waals surface area contributed by atoms with Gasteiger partial charge >= 0.3 is 0 Å². The molecule has 3 rings (SSSR count). The fraction of sp³-hybridized carbons (Fsp3) is 0.150. The Labute approximate surface area is 146 Å². The minimum Gasteiger partial charge on any atom is -0.497 e. The van der Waals surface area contributed by atoms with Crippen molar-refractivity contribution in [3.05, 3.63) is 76.8 Å². The van der Waals surface area contributed by atoms with Gasteiger partial charge < -0.3 is 10.1 Å². The van der Waals surface area contributed by atoms with Gasteiger partial charge in [-0.1, -0.05) is 54.1 Å². The molecule has 0 radical (unpaired) electrons. The number of nitrogens with one attached hydrogen (secondary N) is 1. The van der Waals surface area contributed by atoms with E-state index in [0.717, 1.165) is 16.3 Å². The van der Waals surface area contributed by atoms with Crippen molar-refractivity contribution in [2.75, 3.05) is 7.11 Å². The van der Waals surface area contributed by atoms with Gasteiger partial charge in [0.05, 0.1) is 23.7 Å². The van der Waals surface area contributed by atoms with Crippen LogP contribution in [0.15, 0.2) is 60.7 Å². The summed E-state index contributed by atoms with van der Waals surface area (Å²) in [5.74, 6) is 0.377. The fourth-order valence-electron chi connectivity index (χ4n) is 2.79. The Hall–Kier alpha value is -2.52. The molecule has 4 heteroatoms. The van der Waals surface area contributed by atoms with Crippen LogP contribution >= 0.6 is 11.6 Å². The quantitative estimate of drug-likeness (QED) is 0.727. The van der Waals surface area contributed by atoms with Crippen LogP contribution in [-0.4, -0.2) is 13.0 Å². The maximum atomic E-state index is 12.6. The summed E-state index contributed by atoms with van der Waals surface area (Å²) in [6.07, 6.45) is 0. The summed E-state index contributed by atoms with van der Waals surface area (Å²) in [4.78, 5) is 12.6. The SMILES string of the molecule is COc1ccc(Cl)c(C(=O)N[C@H](C)c2cccc3ccccc23)c1. The lowest BCUT2D eigenvalue weighted by atomic mass is 9.99. The summed E-state index contributed by atoms with van der Waals surface area (Å²) in [5.41, 5.74) is 1.48. The maximum absolute atomic E-state index is 12.6. The second-order valence-electron chi connectivity index (χ2n) is 5.61. The van der Waals surface area contributed by atoms with Gasteiger partial charge in [-0.15, -0.1) is 0 Å². The van der Waals surface area contributed by atoms with Crippen LogP contribution in [0.5, 0.6) is 5.75 Å². The number of fused-ring (bicyclic) bond motifs is 1. The number of benzene rings is 3. The molecule has 0 aliphatic heterocycles. The number of hydrogen-bond acceptors (Lipinski definition) is 2. The molecule has 0 fully saturated rings. The first-order valence-electron chi connectivity index (χ1n) is 7.72. The zero-order valence-electron chi connectivity index (χ0n) is 13.5. The molecule has 0 heterocycles. The number of rotatable bonds is 4. The van der Waals surface area contributed by atoms with Crippen molar-refractivity contribution in [3.8, 4) is 5.75 Å². The maximum Gasteiger partial charge on any atom is 0.253 e. The number of amides is 1. The van der Waals surface area contributed by atoms with Crippen LogP contribution in [0.3, 0.4) is 0 Å². The van der Waals surface area contributed by atoms with Gasteiger partial charge in [-0.25, -0.2) is 0 Å². The molecule has 0 saturated heterocycles. The summed E-state index contributed by atoms with van der Waals surface area (Å²) in [7, 11) is 1.56. The number of carbonyl (C=O) groups excluding carboxylic acids is 1. The van der Waals surface area contributed by atoms with Gasteiger partial charge in [-0.3, -0.25) is 4.79 Å². The molecule has 3 aromatic carbocycles. The highest BCUT2D eigenvalue weighted by molar-refractivity contribution is 6.33. The van der Waals surface area contributed by atoms with Crippen LogP contribution in [0.4, 0.5) is 0 Å². The summed E-state index contributed by atoms with van der Waals surface area (Å²) < 4.78 is 5.17. The molecule has 1 N–H and O–H groups in total. The zero-order valence-corrected chi connectivity index (χ0v) is 14.3. The van der Waals surface area contributed by atoms with Crippen molar-refractivity contribution in [1.29, 1.82) is 0 Å². The van der Waals surface area contributed by atoms with Gasteiger partial charge in [0.2, 0.25) is 0 Å². The largest absolute Gasteiger partial charge is 0.497 e. The van der Waals surface area contributed by atoms with Gasteiger partial charge in [0.1, 0.15) is 5.75 Å². The molecule has 24 heavy (non-hydrogen) atoms. The standard InChI is InChI=1S/C20H18ClNO2/c1-13(16-9-5-7-14-6-3-4-8-17(14)16)22-20(23)18-12-15(24-2)10-11-19(18)21/h3-13H,1-2H3,(H,22,23)/t13-/m1/s1. The minimum absolute atomic E-state index is 0.147. The molecule has 0 bridgehead atoms. The Bertz CT molecular complexity index is 886. The lowest BCUT2D eigenvalue weighted by Crippen LogP contribution is -2.27. The minimum atomic E-state index is -0.223. The first kappa shape index (κ1) is 16.3. The van der Waals surface area contributed by atoms with Crippen LogP contribution < -0.4 is 10.1 Å². The average Bonchev–Trinajstić information content (AvgIpc) is 2.61. The van der Waals surface area contributed by atoms with Gasteiger partial charge in [-0.2, -0.15) is 0 Å². The highest BCUT2D eigenvalue weighted by Gasteiger charge is 2.16. The van der Waals surface area contributed by atoms with Crippen LogP contribution in [0.1, 0.15) is 28.9 Å². The van der Waals surface area contributed by atoms with Crippen LogP contribution in [0, 0.1) is 0 Å². The molecular weight excluding hydrogens is 322 g/mol. The fourth-order valence-corrected chi connectivity index (χ4v) is 2.99. The Morgan fingerprint density at radius 2 is 1.83 bits per heavy atom. The number of hydrogen-bond donors (Lipinski definition) is 1. The third-order valence-electron chi connectivity index (χ3n) is 4.06. The highest BCUT2D eigenvalue weighted by Crippen LogP contribution is 2.26. The average molecular weight is 340 g/mol. The molecule has 122 valence electrons. The summed E-state index contributed by atoms with van der Waals surface area (Å²) >= 11 is 6.16. The van der Waals surface area contributed by atoms with E-state index in [0.29, 0.717) is 16.3 Å². The van der Waals surface area contributed by atoms with E-state index in [2.05, 4.69) is 23.5 Å². The van der Waals surface area contributed by atoms with E-state index >= 15 is 0 Å². The lowest BCUT2D eigenvalue weighted by Gasteiger charge is -2.17. The van der Waals surface area contributed by atoms with Gasteiger partial charge in [-0.05, 0) is 41.5 Å². The zero-order chi connectivity index (χ0) is 17.1. The second kappa shape index (κ2) is 6.93.